The fourth-order valence-electron chi connectivity index (χ4n) is 1.53. The zero-order valence-electron chi connectivity index (χ0n) is 11.0. The van der Waals surface area contributed by atoms with Crippen molar-refractivity contribution < 1.29 is 23.1 Å². The Hall–Kier alpha value is -2.27. The van der Waals surface area contributed by atoms with Crippen LogP contribution in [-0.4, -0.2) is 31.9 Å². The number of carboxylic acid groups (broad SMARTS) is 1. The van der Waals surface area contributed by atoms with Crippen molar-refractivity contribution >= 4 is 21.7 Å². The molecule has 0 saturated heterocycles. The minimum atomic E-state index is -3.99. The van der Waals surface area contributed by atoms with Crippen LogP contribution in [0.1, 0.15) is 23.7 Å². The number of hydrogen-bond acceptors (Lipinski definition) is 5. The van der Waals surface area contributed by atoms with Gasteiger partial charge in [0.05, 0.1) is 24.4 Å². The minimum absolute atomic E-state index is 0.0954. The quantitative estimate of drug-likeness (QED) is 0.820. The van der Waals surface area contributed by atoms with Crippen LogP contribution < -0.4 is 9.46 Å². The summed E-state index contributed by atoms with van der Waals surface area (Å²) in [5.74, 6) is -0.979. The Balaban J connectivity index is 3.26. The first-order valence-corrected chi connectivity index (χ1v) is 7.23. The van der Waals surface area contributed by atoms with Crippen LogP contribution in [0.5, 0.6) is 5.75 Å². The minimum Gasteiger partial charge on any atom is -0.497 e. The molecule has 0 aliphatic heterocycles. The number of methoxy groups -OCH3 is 1. The van der Waals surface area contributed by atoms with Crippen molar-refractivity contribution in [2.24, 2.45) is 0 Å². The van der Waals surface area contributed by atoms with Gasteiger partial charge < -0.3 is 9.84 Å². The molecular formula is C12H14N2O5S. The highest BCUT2D eigenvalue weighted by atomic mass is 32.2. The molecule has 2 N–H and O–H groups in total. The lowest BCUT2D eigenvalue weighted by molar-refractivity contribution is 0.0698. The average Bonchev–Trinajstić information content (AvgIpc) is 2.38. The zero-order chi connectivity index (χ0) is 15.3. The molecule has 0 aliphatic carbocycles. The number of nitriles is 1. The smallest absolute Gasteiger partial charge is 0.337 e. The van der Waals surface area contributed by atoms with E-state index in [1.807, 2.05) is 0 Å². The Labute approximate surface area is 116 Å². The Morgan fingerprint density at radius 1 is 1.55 bits per heavy atom. The summed E-state index contributed by atoms with van der Waals surface area (Å²) in [4.78, 5) is 11.1. The van der Waals surface area contributed by atoms with E-state index in [4.69, 9.17) is 15.1 Å². The van der Waals surface area contributed by atoms with Crippen molar-refractivity contribution in [1.82, 2.24) is 0 Å². The molecule has 0 bridgehead atoms. The highest BCUT2D eigenvalue weighted by Crippen LogP contribution is 2.24. The average molecular weight is 298 g/mol. The predicted molar refractivity (Wildman–Crippen MR) is 72.2 cm³/mol. The van der Waals surface area contributed by atoms with Crippen LogP contribution >= 0.6 is 0 Å². The Morgan fingerprint density at radius 2 is 2.20 bits per heavy atom. The van der Waals surface area contributed by atoms with Crippen LogP contribution in [-0.2, 0) is 10.0 Å². The lowest BCUT2D eigenvalue weighted by Gasteiger charge is -2.14. The van der Waals surface area contributed by atoms with E-state index in [1.54, 1.807) is 13.0 Å². The molecule has 20 heavy (non-hydrogen) atoms. The standard InChI is InChI=1S/C12H14N2O5S/c1-3-9(7-13)20(17,18)14-11-6-8(19-2)4-5-10(11)12(15)16/h4-6,9,14H,3H2,1-2H3,(H,15,16). The van der Waals surface area contributed by atoms with Crippen molar-refractivity contribution in [2.75, 3.05) is 11.8 Å². The van der Waals surface area contributed by atoms with Crippen molar-refractivity contribution in [3.8, 4) is 11.8 Å². The van der Waals surface area contributed by atoms with E-state index < -0.39 is 21.2 Å². The van der Waals surface area contributed by atoms with Gasteiger partial charge in [-0.3, -0.25) is 4.72 Å². The summed E-state index contributed by atoms with van der Waals surface area (Å²) in [5, 5.41) is 16.6. The first-order chi connectivity index (χ1) is 9.35. The third-order valence-electron chi connectivity index (χ3n) is 2.60. The number of carboxylic acids is 1. The van der Waals surface area contributed by atoms with Crippen molar-refractivity contribution in [3.05, 3.63) is 23.8 Å². The van der Waals surface area contributed by atoms with E-state index in [0.717, 1.165) is 0 Å². The molecule has 0 aliphatic rings. The molecule has 108 valence electrons. The van der Waals surface area contributed by atoms with Gasteiger partial charge >= 0.3 is 5.97 Å². The van der Waals surface area contributed by atoms with Gasteiger partial charge in [0.25, 0.3) is 0 Å². The molecule has 0 radical (unpaired) electrons. The predicted octanol–water partition coefficient (Wildman–Crippen LogP) is 1.44. The molecule has 1 aromatic rings. The molecule has 0 amide bonds. The molecule has 1 rings (SSSR count). The van der Waals surface area contributed by atoms with Gasteiger partial charge in [-0.25, -0.2) is 13.2 Å². The highest BCUT2D eigenvalue weighted by Gasteiger charge is 2.25. The van der Waals surface area contributed by atoms with Gasteiger partial charge in [0, 0.05) is 6.07 Å². The second-order valence-electron chi connectivity index (χ2n) is 3.89. The lowest BCUT2D eigenvalue weighted by Crippen LogP contribution is -2.26. The van der Waals surface area contributed by atoms with E-state index in [9.17, 15) is 13.2 Å². The van der Waals surface area contributed by atoms with Gasteiger partial charge in [-0.15, -0.1) is 0 Å². The first kappa shape index (κ1) is 15.8. The number of benzene rings is 1. The SMILES string of the molecule is CCC(C#N)S(=O)(=O)Nc1cc(OC)ccc1C(=O)O. The normalized spacial score (nSPS) is 12.2. The Kier molecular flexibility index (Phi) is 4.94. The van der Waals surface area contributed by atoms with E-state index in [2.05, 4.69) is 4.72 Å². The van der Waals surface area contributed by atoms with Gasteiger partial charge in [0.1, 0.15) is 5.75 Å². The molecule has 0 heterocycles. The fraction of sp³-hybridized carbons (Fsp3) is 0.333. The second kappa shape index (κ2) is 6.25. The fourth-order valence-corrected chi connectivity index (χ4v) is 2.72. The molecule has 7 nitrogen and oxygen atoms in total. The number of sulfonamides is 1. The summed E-state index contributed by atoms with van der Waals surface area (Å²) in [5.41, 5.74) is -0.354. The number of aromatic carboxylic acids is 1. The number of hydrogen-bond donors (Lipinski definition) is 2. The summed E-state index contributed by atoms with van der Waals surface area (Å²) in [6.45, 7) is 1.55. The topological polar surface area (TPSA) is 116 Å². The number of nitrogens with one attached hydrogen (secondary N) is 1. The Morgan fingerprint density at radius 3 is 2.65 bits per heavy atom. The van der Waals surface area contributed by atoms with Crippen LogP contribution in [0, 0.1) is 11.3 Å². The van der Waals surface area contributed by atoms with Crippen LogP contribution in [0.3, 0.4) is 0 Å². The molecule has 8 heteroatoms. The number of ether oxygens (including phenoxy) is 1. The van der Waals surface area contributed by atoms with Gasteiger partial charge in [-0.1, -0.05) is 6.92 Å². The molecule has 0 fully saturated rings. The number of nitrogens with zero attached hydrogens (tertiary/aromatic N) is 1. The van der Waals surface area contributed by atoms with Gasteiger partial charge in [-0.05, 0) is 18.6 Å². The number of rotatable bonds is 6. The van der Waals surface area contributed by atoms with E-state index in [0.29, 0.717) is 5.75 Å². The highest BCUT2D eigenvalue weighted by molar-refractivity contribution is 7.93. The largest absolute Gasteiger partial charge is 0.497 e. The maximum Gasteiger partial charge on any atom is 0.337 e. The van der Waals surface area contributed by atoms with Gasteiger partial charge in [0.2, 0.25) is 10.0 Å². The molecule has 1 unspecified atom stereocenters. The first-order valence-electron chi connectivity index (χ1n) is 5.68. The van der Waals surface area contributed by atoms with Crippen LogP contribution in [0.25, 0.3) is 0 Å². The molecule has 1 atom stereocenters. The monoisotopic (exact) mass is 298 g/mol. The maximum atomic E-state index is 12.0. The second-order valence-corrected chi connectivity index (χ2v) is 5.75. The summed E-state index contributed by atoms with van der Waals surface area (Å²) < 4.78 is 31.0. The maximum absolute atomic E-state index is 12.0. The van der Waals surface area contributed by atoms with Crippen molar-refractivity contribution in [2.45, 2.75) is 18.6 Å². The summed E-state index contributed by atoms with van der Waals surface area (Å²) in [7, 11) is -2.61. The van der Waals surface area contributed by atoms with Crippen LogP contribution in [0.15, 0.2) is 18.2 Å². The van der Waals surface area contributed by atoms with Gasteiger partial charge in [0.15, 0.2) is 5.25 Å². The zero-order valence-corrected chi connectivity index (χ0v) is 11.8. The van der Waals surface area contributed by atoms with Crippen LogP contribution in [0.2, 0.25) is 0 Å². The van der Waals surface area contributed by atoms with Crippen molar-refractivity contribution in [1.29, 1.82) is 5.26 Å². The van der Waals surface area contributed by atoms with E-state index >= 15 is 0 Å². The molecule has 1 aromatic carbocycles. The van der Waals surface area contributed by atoms with Gasteiger partial charge in [-0.2, -0.15) is 5.26 Å². The Bertz CT molecular complexity index is 648. The molecule has 0 saturated carbocycles. The molecular weight excluding hydrogens is 284 g/mol. The number of carbonyl (C=O) groups is 1. The van der Waals surface area contributed by atoms with Crippen LogP contribution in [0.4, 0.5) is 5.69 Å². The van der Waals surface area contributed by atoms with Crippen molar-refractivity contribution in [3.63, 3.8) is 0 Å². The summed E-state index contributed by atoms with van der Waals surface area (Å²) in [6.07, 6.45) is 0.0954. The molecule has 0 aromatic heterocycles. The summed E-state index contributed by atoms with van der Waals surface area (Å²) >= 11 is 0. The third kappa shape index (κ3) is 3.39. The molecule has 0 spiro atoms. The lowest BCUT2D eigenvalue weighted by atomic mass is 10.2. The van der Waals surface area contributed by atoms with E-state index in [-0.39, 0.29) is 17.7 Å². The third-order valence-corrected chi connectivity index (χ3v) is 4.29. The summed E-state index contributed by atoms with van der Waals surface area (Å²) in [6, 6.07) is 5.55. The van der Waals surface area contributed by atoms with E-state index in [1.165, 1.54) is 25.3 Å². The number of anilines is 1.